The van der Waals surface area contributed by atoms with Gasteiger partial charge in [-0.15, -0.1) is 0 Å². The smallest absolute Gasteiger partial charge is 0.338 e. The zero-order chi connectivity index (χ0) is 32.3. The van der Waals surface area contributed by atoms with Crippen molar-refractivity contribution in [2.45, 2.75) is 50.9 Å². The SMILES string of the molecule is C/C=C(/C)C(=O)O[C@H]1C2=CC(OC)=C(OC)C(=O)[C@@]23COc2c4c(cc(c23)[C@H](OC(=O)c2ccccc2)[C@H](C)[C@]1(C)O)OCO4. The number of aliphatic hydroxyl groups is 1. The van der Waals surface area contributed by atoms with Gasteiger partial charge in [0.15, 0.2) is 23.4 Å². The van der Waals surface area contributed by atoms with Crippen LogP contribution in [0.15, 0.2) is 71.2 Å². The summed E-state index contributed by atoms with van der Waals surface area (Å²) in [6.07, 6.45) is 0.522. The van der Waals surface area contributed by atoms with Crippen molar-refractivity contribution in [1.82, 2.24) is 0 Å². The maximum atomic E-state index is 14.7. The van der Waals surface area contributed by atoms with Gasteiger partial charge in [0.05, 0.1) is 19.8 Å². The number of hydrogen-bond donors (Lipinski definition) is 1. The van der Waals surface area contributed by atoms with E-state index in [1.807, 2.05) is 0 Å². The number of hydrogen-bond acceptors (Lipinski definition) is 11. The number of rotatable bonds is 6. The number of allylic oxidation sites excluding steroid dienone is 3. The lowest BCUT2D eigenvalue weighted by atomic mass is 9.59. The number of ketones is 1. The van der Waals surface area contributed by atoms with E-state index in [1.54, 1.807) is 69.3 Å². The summed E-state index contributed by atoms with van der Waals surface area (Å²) in [5.41, 5.74) is -2.13. The normalized spacial score (nSPS) is 28.2. The largest absolute Gasteiger partial charge is 0.493 e. The molecule has 2 aliphatic carbocycles. The first kappa shape index (κ1) is 30.3. The summed E-state index contributed by atoms with van der Waals surface area (Å²) < 4.78 is 41.2. The fourth-order valence-electron chi connectivity index (χ4n) is 6.46. The molecular weight excluding hydrogens is 584 g/mol. The van der Waals surface area contributed by atoms with Crippen LogP contribution in [-0.2, 0) is 34.0 Å². The molecule has 1 spiro atoms. The molecule has 2 aliphatic heterocycles. The lowest BCUT2D eigenvalue weighted by Crippen LogP contribution is -2.59. The summed E-state index contributed by atoms with van der Waals surface area (Å²) in [7, 11) is 2.73. The standard InChI is InChI=1S/C34H34O11/c1-7-17(2)31(36)45-30-21-14-22(39-5)27(40-6)29(35)34(21)15-41-28-24(34)20(13-23-26(28)43-16-42-23)25(18(3)33(30,4)38)44-32(37)19-11-9-8-10-12-19/h7-14,18,25,30,38H,15-16H2,1-6H3/b17-7-/t18-,25+,30-,33-,34-/m0/s1. The van der Waals surface area contributed by atoms with Crippen molar-refractivity contribution in [3.8, 4) is 17.2 Å². The average Bonchev–Trinajstić information content (AvgIpc) is 3.68. The molecule has 0 saturated heterocycles. The number of fused-ring (bicyclic) bond motifs is 2. The Morgan fingerprint density at radius 3 is 2.44 bits per heavy atom. The average molecular weight is 619 g/mol. The van der Waals surface area contributed by atoms with E-state index in [4.69, 9.17) is 33.2 Å². The Morgan fingerprint density at radius 1 is 1.04 bits per heavy atom. The molecule has 1 N–H and O–H groups in total. The molecule has 236 valence electrons. The lowest BCUT2D eigenvalue weighted by molar-refractivity contribution is -0.169. The van der Waals surface area contributed by atoms with Crippen LogP contribution in [0.25, 0.3) is 0 Å². The van der Waals surface area contributed by atoms with E-state index in [2.05, 4.69) is 0 Å². The second kappa shape index (κ2) is 11.0. The number of carbonyl (C=O) groups excluding carboxylic acids is 3. The molecule has 2 heterocycles. The van der Waals surface area contributed by atoms with Crippen LogP contribution in [-0.4, -0.2) is 62.2 Å². The molecule has 6 rings (SSSR count). The molecule has 0 fully saturated rings. The molecule has 0 aromatic heterocycles. The second-order valence-corrected chi connectivity index (χ2v) is 11.6. The summed E-state index contributed by atoms with van der Waals surface area (Å²) in [5, 5.41) is 12.5. The number of methoxy groups -OCH3 is 2. The third kappa shape index (κ3) is 4.40. The van der Waals surface area contributed by atoms with Gasteiger partial charge in [0.25, 0.3) is 0 Å². The predicted octanol–water partition coefficient (Wildman–Crippen LogP) is 4.24. The molecule has 4 aliphatic rings. The maximum Gasteiger partial charge on any atom is 0.338 e. The molecule has 2 aromatic carbocycles. The fraction of sp³-hybridized carbons (Fsp3) is 0.382. The van der Waals surface area contributed by atoms with Gasteiger partial charge in [0, 0.05) is 22.6 Å². The quantitative estimate of drug-likeness (QED) is 0.368. The van der Waals surface area contributed by atoms with Gasteiger partial charge in [-0.1, -0.05) is 31.2 Å². The van der Waals surface area contributed by atoms with Crippen LogP contribution in [0.4, 0.5) is 0 Å². The molecular formula is C34H34O11. The van der Waals surface area contributed by atoms with Gasteiger partial charge in [-0.05, 0) is 50.6 Å². The van der Waals surface area contributed by atoms with Crippen LogP contribution < -0.4 is 14.2 Å². The zero-order valence-corrected chi connectivity index (χ0v) is 25.8. The predicted molar refractivity (Wildman–Crippen MR) is 158 cm³/mol. The molecule has 5 atom stereocenters. The van der Waals surface area contributed by atoms with Gasteiger partial charge in [0.2, 0.25) is 24.1 Å². The van der Waals surface area contributed by atoms with E-state index in [0.29, 0.717) is 16.9 Å². The minimum Gasteiger partial charge on any atom is -0.493 e. The minimum absolute atomic E-state index is 0.0822. The Kier molecular flexibility index (Phi) is 7.39. The van der Waals surface area contributed by atoms with Crippen LogP contribution in [0.3, 0.4) is 0 Å². The van der Waals surface area contributed by atoms with Gasteiger partial charge >= 0.3 is 11.9 Å². The molecule has 0 radical (unpaired) electrons. The van der Waals surface area contributed by atoms with E-state index in [-0.39, 0.29) is 53.1 Å². The van der Waals surface area contributed by atoms with Crippen LogP contribution in [0.5, 0.6) is 17.2 Å². The van der Waals surface area contributed by atoms with Crippen molar-refractivity contribution < 1.29 is 52.6 Å². The van der Waals surface area contributed by atoms with Crippen molar-refractivity contribution in [2.75, 3.05) is 27.6 Å². The van der Waals surface area contributed by atoms with Gasteiger partial charge in [-0.25, -0.2) is 9.59 Å². The Morgan fingerprint density at radius 2 is 1.78 bits per heavy atom. The summed E-state index contributed by atoms with van der Waals surface area (Å²) in [6, 6.07) is 10.1. The number of ether oxygens (including phenoxy) is 7. The number of Topliss-reactive ketones (excluding diaryl/α,β-unsaturated/α-hetero) is 1. The highest BCUT2D eigenvalue weighted by Crippen LogP contribution is 2.62. The molecule has 0 amide bonds. The summed E-state index contributed by atoms with van der Waals surface area (Å²) >= 11 is 0. The highest BCUT2D eigenvalue weighted by atomic mass is 16.7. The minimum atomic E-state index is -1.93. The summed E-state index contributed by atoms with van der Waals surface area (Å²) in [6.45, 7) is 6.08. The van der Waals surface area contributed by atoms with Crippen molar-refractivity contribution in [2.24, 2.45) is 5.92 Å². The Labute approximate surface area is 259 Å². The van der Waals surface area contributed by atoms with Crippen LogP contribution in [0, 0.1) is 5.92 Å². The Hall–Kier alpha value is -4.77. The van der Waals surface area contributed by atoms with E-state index in [0.717, 1.165) is 0 Å². The highest BCUT2D eigenvalue weighted by molar-refractivity contribution is 6.09. The first-order chi connectivity index (χ1) is 21.5. The Balaban J connectivity index is 1.67. The summed E-state index contributed by atoms with van der Waals surface area (Å²) in [5.74, 6) is -2.03. The van der Waals surface area contributed by atoms with Gasteiger partial charge in [-0.3, -0.25) is 4.79 Å². The van der Waals surface area contributed by atoms with E-state index in [9.17, 15) is 19.5 Å². The lowest BCUT2D eigenvalue weighted by Gasteiger charge is -2.48. The molecule has 0 unspecified atom stereocenters. The number of esters is 2. The molecule has 45 heavy (non-hydrogen) atoms. The van der Waals surface area contributed by atoms with Crippen molar-refractivity contribution in [3.63, 3.8) is 0 Å². The summed E-state index contributed by atoms with van der Waals surface area (Å²) in [4.78, 5) is 41.7. The van der Waals surface area contributed by atoms with Crippen LogP contribution in [0.1, 0.15) is 55.3 Å². The molecule has 0 bridgehead atoms. The highest BCUT2D eigenvalue weighted by Gasteiger charge is 2.64. The van der Waals surface area contributed by atoms with E-state index in [1.165, 1.54) is 21.1 Å². The zero-order valence-electron chi connectivity index (χ0n) is 25.8. The number of benzene rings is 2. The third-order valence-electron chi connectivity index (χ3n) is 9.25. The van der Waals surface area contributed by atoms with Gasteiger partial charge in [-0.2, -0.15) is 0 Å². The number of carbonyl (C=O) groups is 3. The topological polar surface area (TPSA) is 136 Å². The van der Waals surface area contributed by atoms with E-state index < -0.39 is 46.9 Å². The first-order valence-corrected chi connectivity index (χ1v) is 14.5. The third-order valence-corrected chi connectivity index (χ3v) is 9.25. The Bertz CT molecular complexity index is 1680. The van der Waals surface area contributed by atoms with Gasteiger partial charge in [0.1, 0.15) is 23.7 Å². The second-order valence-electron chi connectivity index (χ2n) is 11.6. The fourth-order valence-corrected chi connectivity index (χ4v) is 6.46. The maximum absolute atomic E-state index is 14.7. The van der Waals surface area contributed by atoms with E-state index >= 15 is 0 Å². The van der Waals surface area contributed by atoms with Crippen molar-refractivity contribution in [1.29, 1.82) is 0 Å². The molecule has 2 aromatic rings. The van der Waals surface area contributed by atoms with Crippen molar-refractivity contribution in [3.05, 3.63) is 87.9 Å². The van der Waals surface area contributed by atoms with Crippen LogP contribution >= 0.6 is 0 Å². The molecule has 11 heteroatoms. The van der Waals surface area contributed by atoms with Crippen LogP contribution in [0.2, 0.25) is 0 Å². The first-order valence-electron chi connectivity index (χ1n) is 14.5. The van der Waals surface area contributed by atoms with Crippen molar-refractivity contribution >= 4 is 17.7 Å². The van der Waals surface area contributed by atoms with Gasteiger partial charge < -0.3 is 38.3 Å². The molecule has 11 nitrogen and oxygen atoms in total. The molecule has 0 saturated carbocycles. The monoisotopic (exact) mass is 618 g/mol.